The SMILES string of the molecule is Cc1ccc2c(c1)CN(C1CCC(=O)NC1=O)C2=O.N=CC1=C(N)CC(NC2CCCCC2)CC1. The van der Waals surface area contributed by atoms with Gasteiger partial charge in [-0.3, -0.25) is 19.7 Å². The molecule has 0 bridgehead atoms. The van der Waals surface area contributed by atoms with Crippen LogP contribution in [0, 0.1) is 12.3 Å². The molecule has 5 N–H and O–H groups in total. The molecule has 0 aromatic heterocycles. The lowest BCUT2D eigenvalue weighted by atomic mass is 9.90. The molecule has 0 radical (unpaired) electrons. The van der Waals surface area contributed by atoms with E-state index in [1.165, 1.54) is 38.3 Å². The van der Waals surface area contributed by atoms with Gasteiger partial charge in [0.2, 0.25) is 11.8 Å². The molecule has 2 aliphatic heterocycles. The van der Waals surface area contributed by atoms with Crippen LogP contribution in [0.4, 0.5) is 0 Å². The number of fused-ring (bicyclic) bond motifs is 1. The molecule has 3 amide bonds. The Labute approximate surface area is 207 Å². The summed E-state index contributed by atoms with van der Waals surface area (Å²) in [4.78, 5) is 36.8. The molecule has 2 atom stereocenters. The average molecular weight is 480 g/mol. The zero-order valence-electron chi connectivity index (χ0n) is 20.6. The number of allylic oxidation sites excluding steroid dienone is 1. The lowest BCUT2D eigenvalue weighted by Gasteiger charge is -2.31. The summed E-state index contributed by atoms with van der Waals surface area (Å²) in [6.07, 6.45) is 12.0. The summed E-state index contributed by atoms with van der Waals surface area (Å²) in [5.41, 5.74) is 10.7. The lowest BCUT2D eigenvalue weighted by Crippen LogP contribution is -2.52. The second-order valence-corrected chi connectivity index (χ2v) is 10.2. The van der Waals surface area contributed by atoms with E-state index < -0.39 is 6.04 Å². The Kier molecular flexibility index (Phi) is 8.00. The molecular weight excluding hydrogens is 442 g/mol. The third kappa shape index (κ3) is 5.99. The smallest absolute Gasteiger partial charge is 0.255 e. The summed E-state index contributed by atoms with van der Waals surface area (Å²) < 4.78 is 0. The van der Waals surface area contributed by atoms with Crippen molar-refractivity contribution in [2.45, 2.75) is 95.8 Å². The van der Waals surface area contributed by atoms with E-state index in [0.717, 1.165) is 41.7 Å². The number of nitrogens with zero attached hydrogens (tertiary/aromatic N) is 1. The van der Waals surface area contributed by atoms with Gasteiger partial charge in [-0.1, -0.05) is 37.0 Å². The highest BCUT2D eigenvalue weighted by Gasteiger charge is 2.38. The third-order valence-electron chi connectivity index (χ3n) is 7.57. The molecule has 4 aliphatic rings. The number of imide groups is 1. The highest BCUT2D eigenvalue weighted by Crippen LogP contribution is 2.28. The van der Waals surface area contributed by atoms with Gasteiger partial charge < -0.3 is 21.4 Å². The van der Waals surface area contributed by atoms with Crippen LogP contribution < -0.4 is 16.4 Å². The van der Waals surface area contributed by atoms with Crippen molar-refractivity contribution in [1.82, 2.24) is 15.5 Å². The van der Waals surface area contributed by atoms with Crippen LogP contribution in [0.3, 0.4) is 0 Å². The molecule has 2 aliphatic carbocycles. The van der Waals surface area contributed by atoms with Gasteiger partial charge in [-0.25, -0.2) is 0 Å². The standard InChI is InChI=1S/C14H14N2O3.C13H23N3/c1-8-2-3-10-9(6-8)7-16(14(10)19)11-4-5-12(17)15-13(11)18;14-9-10-6-7-12(8-13(10)15)16-11-4-2-1-3-5-11/h2-3,6,11H,4-5,7H2,1H3,(H,15,17,18);9,11-12,14,16H,1-8,15H2. The van der Waals surface area contributed by atoms with Gasteiger partial charge in [-0.15, -0.1) is 0 Å². The molecule has 1 aromatic rings. The van der Waals surface area contributed by atoms with Crippen molar-refractivity contribution < 1.29 is 14.4 Å². The summed E-state index contributed by atoms with van der Waals surface area (Å²) in [7, 11) is 0. The van der Waals surface area contributed by atoms with Gasteiger partial charge >= 0.3 is 0 Å². The van der Waals surface area contributed by atoms with E-state index in [2.05, 4.69) is 10.6 Å². The fourth-order valence-electron chi connectivity index (χ4n) is 5.60. The number of amides is 3. The number of hydrogen-bond acceptors (Lipinski definition) is 6. The van der Waals surface area contributed by atoms with Gasteiger partial charge in [0, 0.05) is 48.9 Å². The minimum Gasteiger partial charge on any atom is -0.402 e. The summed E-state index contributed by atoms with van der Waals surface area (Å²) >= 11 is 0. The van der Waals surface area contributed by atoms with Gasteiger partial charge in [-0.05, 0) is 56.2 Å². The quantitative estimate of drug-likeness (QED) is 0.390. The summed E-state index contributed by atoms with van der Waals surface area (Å²) in [6.45, 7) is 2.42. The van der Waals surface area contributed by atoms with Crippen molar-refractivity contribution >= 4 is 23.9 Å². The fraction of sp³-hybridized carbons (Fsp3) is 0.556. The first-order valence-electron chi connectivity index (χ1n) is 12.8. The Morgan fingerprint density at radius 1 is 1.06 bits per heavy atom. The zero-order chi connectivity index (χ0) is 24.9. The van der Waals surface area contributed by atoms with Gasteiger partial charge in [0.05, 0.1) is 0 Å². The molecule has 2 unspecified atom stereocenters. The number of carbonyl (C=O) groups excluding carboxylic acids is 3. The normalized spacial score (nSPS) is 25.1. The molecule has 8 nitrogen and oxygen atoms in total. The van der Waals surface area contributed by atoms with Crippen LogP contribution in [0.5, 0.6) is 0 Å². The molecule has 8 heteroatoms. The molecule has 2 fully saturated rings. The molecule has 1 saturated carbocycles. The van der Waals surface area contributed by atoms with Crippen molar-refractivity contribution in [3.63, 3.8) is 0 Å². The predicted molar refractivity (Wildman–Crippen MR) is 135 cm³/mol. The number of rotatable bonds is 4. The predicted octanol–water partition coefficient (Wildman–Crippen LogP) is 3.08. The molecule has 35 heavy (non-hydrogen) atoms. The summed E-state index contributed by atoms with van der Waals surface area (Å²) in [5.74, 6) is -0.750. The highest BCUT2D eigenvalue weighted by molar-refractivity contribution is 6.05. The molecular formula is C27H37N5O3. The molecule has 188 valence electrons. The minimum atomic E-state index is -0.530. The number of nitrogens with two attached hydrogens (primary N) is 1. The molecule has 1 saturated heterocycles. The van der Waals surface area contributed by atoms with E-state index >= 15 is 0 Å². The van der Waals surface area contributed by atoms with Gasteiger partial charge in [0.25, 0.3) is 5.91 Å². The van der Waals surface area contributed by atoms with E-state index in [1.807, 2.05) is 19.1 Å². The van der Waals surface area contributed by atoms with Crippen molar-refractivity contribution in [3.05, 3.63) is 46.2 Å². The van der Waals surface area contributed by atoms with Crippen molar-refractivity contribution in [1.29, 1.82) is 5.41 Å². The Balaban J connectivity index is 0.000000168. The number of nitrogens with one attached hydrogen (secondary N) is 3. The van der Waals surface area contributed by atoms with Crippen molar-refractivity contribution in [2.24, 2.45) is 5.73 Å². The van der Waals surface area contributed by atoms with Gasteiger partial charge in [0.1, 0.15) is 6.04 Å². The van der Waals surface area contributed by atoms with E-state index in [1.54, 1.807) is 11.0 Å². The maximum Gasteiger partial charge on any atom is 0.255 e. The van der Waals surface area contributed by atoms with Crippen LogP contribution in [0.2, 0.25) is 0 Å². The van der Waals surface area contributed by atoms with Crippen LogP contribution >= 0.6 is 0 Å². The number of carbonyl (C=O) groups is 3. The second-order valence-electron chi connectivity index (χ2n) is 10.2. The number of aryl methyl sites for hydroxylation is 1. The fourth-order valence-corrected chi connectivity index (χ4v) is 5.60. The number of hydrogen-bond donors (Lipinski definition) is 4. The minimum absolute atomic E-state index is 0.121. The average Bonchev–Trinajstić information content (AvgIpc) is 3.15. The van der Waals surface area contributed by atoms with Crippen molar-refractivity contribution in [2.75, 3.05) is 0 Å². The Morgan fingerprint density at radius 3 is 2.51 bits per heavy atom. The van der Waals surface area contributed by atoms with E-state index in [4.69, 9.17) is 11.1 Å². The lowest BCUT2D eigenvalue weighted by molar-refractivity contribution is -0.136. The first-order chi connectivity index (χ1) is 16.9. The Morgan fingerprint density at radius 2 is 1.83 bits per heavy atom. The van der Waals surface area contributed by atoms with Crippen LogP contribution in [-0.4, -0.2) is 47.0 Å². The van der Waals surface area contributed by atoms with Crippen LogP contribution in [0.25, 0.3) is 0 Å². The Hall–Kier alpha value is -3.00. The molecule has 5 rings (SSSR count). The summed E-state index contributed by atoms with van der Waals surface area (Å²) in [6, 6.07) is 6.40. The second kappa shape index (κ2) is 11.2. The summed E-state index contributed by atoms with van der Waals surface area (Å²) in [5, 5.41) is 13.3. The van der Waals surface area contributed by atoms with E-state index in [0.29, 0.717) is 30.6 Å². The van der Waals surface area contributed by atoms with Crippen molar-refractivity contribution in [3.8, 4) is 0 Å². The third-order valence-corrected chi connectivity index (χ3v) is 7.57. The van der Waals surface area contributed by atoms with E-state index in [-0.39, 0.29) is 24.1 Å². The largest absolute Gasteiger partial charge is 0.402 e. The van der Waals surface area contributed by atoms with Crippen LogP contribution in [0.15, 0.2) is 29.5 Å². The maximum atomic E-state index is 12.3. The van der Waals surface area contributed by atoms with Gasteiger partial charge in [0.15, 0.2) is 0 Å². The molecule has 2 heterocycles. The number of piperidine rings is 1. The first kappa shape index (κ1) is 25.1. The van der Waals surface area contributed by atoms with Gasteiger partial charge in [-0.2, -0.15) is 0 Å². The van der Waals surface area contributed by atoms with Crippen LogP contribution in [0.1, 0.15) is 85.7 Å². The molecule has 1 aromatic carbocycles. The number of benzene rings is 1. The first-order valence-corrected chi connectivity index (χ1v) is 12.8. The monoisotopic (exact) mass is 479 g/mol. The molecule has 0 spiro atoms. The topological polar surface area (TPSA) is 128 Å². The van der Waals surface area contributed by atoms with Crippen LogP contribution in [-0.2, 0) is 16.1 Å². The Bertz CT molecular complexity index is 1030. The maximum absolute atomic E-state index is 12.3. The zero-order valence-corrected chi connectivity index (χ0v) is 20.6. The highest BCUT2D eigenvalue weighted by atomic mass is 16.2. The van der Waals surface area contributed by atoms with E-state index in [9.17, 15) is 14.4 Å².